The molecule has 0 amide bonds. The van der Waals surface area contributed by atoms with Crippen molar-refractivity contribution in [1.82, 2.24) is 5.43 Å². The molecular formula is C13H14Cl2N2O3. The summed E-state index contributed by atoms with van der Waals surface area (Å²) in [5, 5.41) is 4.69. The third-order valence-electron chi connectivity index (χ3n) is 2.41. The van der Waals surface area contributed by atoms with E-state index in [0.29, 0.717) is 15.6 Å². The van der Waals surface area contributed by atoms with Crippen LogP contribution in [-0.4, -0.2) is 31.1 Å². The van der Waals surface area contributed by atoms with Crippen LogP contribution in [-0.2, 0) is 20.7 Å². The van der Waals surface area contributed by atoms with Gasteiger partial charge in [0, 0.05) is 16.5 Å². The van der Waals surface area contributed by atoms with Crippen LogP contribution in [0.4, 0.5) is 0 Å². The summed E-state index contributed by atoms with van der Waals surface area (Å²) in [6.45, 7) is 1.48. The van der Waals surface area contributed by atoms with Gasteiger partial charge in [0.05, 0.1) is 13.7 Å². The van der Waals surface area contributed by atoms with Gasteiger partial charge in [-0.15, -0.1) is 0 Å². The highest BCUT2D eigenvalue weighted by atomic mass is 35.5. The lowest BCUT2D eigenvalue weighted by Crippen LogP contribution is -2.23. The van der Waals surface area contributed by atoms with Gasteiger partial charge in [0.2, 0.25) is 0 Å². The van der Waals surface area contributed by atoms with Crippen LogP contribution in [0.15, 0.2) is 23.3 Å². The van der Waals surface area contributed by atoms with Crippen LogP contribution < -0.4 is 5.43 Å². The topological polar surface area (TPSA) is 67.8 Å². The predicted octanol–water partition coefficient (Wildman–Crippen LogP) is 2.24. The lowest BCUT2D eigenvalue weighted by molar-refractivity contribution is -0.132. The summed E-state index contributed by atoms with van der Waals surface area (Å²) in [4.78, 5) is 22.8. The number of hydrogen-bond donors (Lipinski definition) is 1. The van der Waals surface area contributed by atoms with Crippen LogP contribution >= 0.6 is 23.2 Å². The number of Topliss-reactive ketones (excluding diaryl/α,β-unsaturated/α-hetero) is 1. The van der Waals surface area contributed by atoms with Gasteiger partial charge in [-0.1, -0.05) is 29.3 Å². The first-order valence-corrected chi connectivity index (χ1v) is 6.50. The average molecular weight is 317 g/mol. The smallest absolute Gasteiger partial charge is 0.353 e. The SMILES string of the molecule is COC(=O)C(C)=NNCC(=O)Cc1ccc(Cl)cc1Cl. The lowest BCUT2D eigenvalue weighted by Gasteiger charge is -2.05. The molecule has 0 bridgehead atoms. The second-order valence-electron chi connectivity index (χ2n) is 3.97. The number of carbonyl (C=O) groups excluding carboxylic acids is 2. The fourth-order valence-corrected chi connectivity index (χ4v) is 1.85. The number of esters is 1. The van der Waals surface area contributed by atoms with Gasteiger partial charge in [-0.25, -0.2) is 4.79 Å². The van der Waals surface area contributed by atoms with Crippen LogP contribution in [0.25, 0.3) is 0 Å². The fraction of sp³-hybridized carbons (Fsp3) is 0.308. The zero-order valence-electron chi connectivity index (χ0n) is 11.1. The van der Waals surface area contributed by atoms with E-state index in [-0.39, 0.29) is 24.5 Å². The molecule has 0 saturated heterocycles. The number of rotatable bonds is 6. The maximum atomic E-state index is 11.7. The summed E-state index contributed by atoms with van der Waals surface area (Å²) in [6, 6.07) is 4.95. The number of carbonyl (C=O) groups is 2. The largest absolute Gasteiger partial charge is 0.464 e. The van der Waals surface area contributed by atoms with Crippen molar-refractivity contribution in [3.05, 3.63) is 33.8 Å². The number of methoxy groups -OCH3 is 1. The van der Waals surface area contributed by atoms with E-state index in [1.807, 2.05) is 0 Å². The zero-order chi connectivity index (χ0) is 15.1. The number of halogens is 2. The van der Waals surface area contributed by atoms with Crippen LogP contribution in [0.1, 0.15) is 12.5 Å². The molecule has 0 unspecified atom stereocenters. The van der Waals surface area contributed by atoms with Crippen molar-refractivity contribution in [2.45, 2.75) is 13.3 Å². The van der Waals surface area contributed by atoms with Gasteiger partial charge < -0.3 is 10.2 Å². The predicted molar refractivity (Wildman–Crippen MR) is 78.3 cm³/mol. The van der Waals surface area contributed by atoms with Gasteiger partial charge >= 0.3 is 5.97 Å². The van der Waals surface area contributed by atoms with E-state index < -0.39 is 5.97 Å². The van der Waals surface area contributed by atoms with E-state index in [2.05, 4.69) is 15.3 Å². The van der Waals surface area contributed by atoms with Gasteiger partial charge in [-0.2, -0.15) is 5.10 Å². The minimum Gasteiger partial charge on any atom is -0.464 e. The molecule has 0 fully saturated rings. The second-order valence-corrected chi connectivity index (χ2v) is 4.82. The van der Waals surface area contributed by atoms with Gasteiger partial charge in [0.25, 0.3) is 0 Å². The van der Waals surface area contributed by atoms with Crippen LogP contribution in [0, 0.1) is 0 Å². The van der Waals surface area contributed by atoms with Crippen LogP contribution in [0.2, 0.25) is 10.0 Å². The van der Waals surface area contributed by atoms with Crippen molar-refractivity contribution in [3.8, 4) is 0 Å². The number of ketones is 1. The van der Waals surface area contributed by atoms with Crippen molar-refractivity contribution in [2.24, 2.45) is 5.10 Å². The molecular weight excluding hydrogens is 303 g/mol. The van der Waals surface area contributed by atoms with E-state index in [9.17, 15) is 9.59 Å². The lowest BCUT2D eigenvalue weighted by atomic mass is 10.1. The van der Waals surface area contributed by atoms with Gasteiger partial charge in [-0.3, -0.25) is 4.79 Å². The van der Waals surface area contributed by atoms with E-state index in [1.54, 1.807) is 18.2 Å². The van der Waals surface area contributed by atoms with Crippen molar-refractivity contribution < 1.29 is 14.3 Å². The Kier molecular flexibility index (Phi) is 6.48. The average Bonchev–Trinajstić information content (AvgIpc) is 2.41. The maximum Gasteiger partial charge on any atom is 0.353 e. The monoisotopic (exact) mass is 316 g/mol. The molecule has 0 aromatic heterocycles. The van der Waals surface area contributed by atoms with E-state index >= 15 is 0 Å². The first-order valence-electron chi connectivity index (χ1n) is 5.75. The number of nitrogens with one attached hydrogen (secondary N) is 1. The molecule has 0 saturated carbocycles. The molecule has 1 aromatic rings. The van der Waals surface area contributed by atoms with Crippen molar-refractivity contribution in [1.29, 1.82) is 0 Å². The minimum atomic E-state index is -0.550. The Hall–Kier alpha value is -1.59. The summed E-state index contributed by atoms with van der Waals surface area (Å²) >= 11 is 11.7. The highest BCUT2D eigenvalue weighted by molar-refractivity contribution is 6.35. The van der Waals surface area contributed by atoms with Crippen LogP contribution in [0.3, 0.4) is 0 Å². The van der Waals surface area contributed by atoms with Gasteiger partial charge in [-0.05, 0) is 24.6 Å². The molecule has 0 atom stereocenters. The Bertz CT molecular complexity index is 544. The van der Waals surface area contributed by atoms with Crippen LogP contribution in [0.5, 0.6) is 0 Å². The molecule has 108 valence electrons. The first kappa shape index (κ1) is 16.5. The number of nitrogens with zero attached hydrogens (tertiary/aromatic N) is 1. The molecule has 1 N–H and O–H groups in total. The summed E-state index contributed by atoms with van der Waals surface area (Å²) in [5.41, 5.74) is 3.35. The van der Waals surface area contributed by atoms with E-state index in [0.717, 1.165) is 0 Å². The Morgan fingerprint density at radius 3 is 2.65 bits per heavy atom. The molecule has 5 nitrogen and oxygen atoms in total. The number of hydrogen-bond acceptors (Lipinski definition) is 5. The zero-order valence-corrected chi connectivity index (χ0v) is 12.6. The van der Waals surface area contributed by atoms with E-state index in [4.69, 9.17) is 23.2 Å². The Balaban J connectivity index is 2.50. The molecule has 7 heteroatoms. The molecule has 0 heterocycles. The van der Waals surface area contributed by atoms with Crippen molar-refractivity contribution in [2.75, 3.05) is 13.7 Å². The molecule has 1 rings (SSSR count). The molecule has 20 heavy (non-hydrogen) atoms. The molecule has 0 aliphatic carbocycles. The van der Waals surface area contributed by atoms with Gasteiger partial charge in [0.15, 0.2) is 5.78 Å². The molecule has 0 aliphatic heterocycles. The number of benzene rings is 1. The van der Waals surface area contributed by atoms with Crippen molar-refractivity contribution in [3.63, 3.8) is 0 Å². The summed E-state index contributed by atoms with van der Waals surface area (Å²) < 4.78 is 4.47. The molecule has 0 radical (unpaired) electrons. The Morgan fingerprint density at radius 2 is 2.05 bits per heavy atom. The molecule has 0 spiro atoms. The van der Waals surface area contributed by atoms with Crippen molar-refractivity contribution >= 4 is 40.7 Å². The number of hydrazone groups is 1. The summed E-state index contributed by atoms with van der Waals surface area (Å²) in [5.74, 6) is -0.665. The molecule has 1 aromatic carbocycles. The highest BCUT2D eigenvalue weighted by Gasteiger charge is 2.08. The van der Waals surface area contributed by atoms with Gasteiger partial charge in [0.1, 0.15) is 5.71 Å². The molecule has 0 aliphatic rings. The normalized spacial score (nSPS) is 11.1. The minimum absolute atomic E-state index is 0.00666. The Morgan fingerprint density at radius 1 is 1.35 bits per heavy atom. The fourth-order valence-electron chi connectivity index (χ4n) is 1.38. The maximum absolute atomic E-state index is 11.7. The summed E-state index contributed by atoms with van der Waals surface area (Å²) in [6.07, 6.45) is 0.162. The quantitative estimate of drug-likeness (QED) is 0.496. The number of ether oxygens (including phenoxy) is 1. The highest BCUT2D eigenvalue weighted by Crippen LogP contribution is 2.21. The third kappa shape index (κ3) is 5.19. The summed E-state index contributed by atoms with van der Waals surface area (Å²) in [7, 11) is 1.26. The first-order chi connectivity index (χ1) is 9.43. The van der Waals surface area contributed by atoms with E-state index in [1.165, 1.54) is 14.0 Å². The standard InChI is InChI=1S/C13H14Cl2N2O3/c1-8(13(19)20-2)17-16-7-11(18)5-9-3-4-10(14)6-12(9)15/h3-4,6,16H,5,7H2,1-2H3. The Labute approximate surface area is 126 Å². The second kappa shape index (κ2) is 7.87. The third-order valence-corrected chi connectivity index (χ3v) is 2.99.